The monoisotopic (exact) mass is 398 g/mol. The molecule has 2 heterocycles. The van der Waals surface area contributed by atoms with Crippen molar-refractivity contribution in [2.75, 3.05) is 31.1 Å². The smallest absolute Gasteiger partial charge is 0.253 e. The molecule has 2 aromatic carbocycles. The number of rotatable bonds is 3. The number of hydrogen-bond donors (Lipinski definition) is 1. The van der Waals surface area contributed by atoms with Gasteiger partial charge in [-0.3, -0.25) is 9.89 Å². The Morgan fingerprint density at radius 3 is 2.64 bits per heavy atom. The Morgan fingerprint density at radius 1 is 1.04 bits per heavy atom. The number of halogens is 2. The Hall–Kier alpha value is -2.86. The molecular formula is C21H20ClFN4O. The Bertz CT molecular complexity index is 976. The van der Waals surface area contributed by atoms with Crippen molar-refractivity contribution in [3.05, 3.63) is 71.0 Å². The summed E-state index contributed by atoms with van der Waals surface area (Å²) >= 11 is 5.82. The van der Waals surface area contributed by atoms with Gasteiger partial charge in [-0.15, -0.1) is 0 Å². The molecule has 1 N–H and O–H groups in total. The second-order valence-corrected chi connectivity index (χ2v) is 7.17. The minimum Gasteiger partial charge on any atom is -0.353 e. The van der Waals surface area contributed by atoms with Gasteiger partial charge in [0.2, 0.25) is 0 Å². The lowest BCUT2D eigenvalue weighted by atomic mass is 10.1. The molecule has 1 amide bonds. The lowest BCUT2D eigenvalue weighted by Gasteiger charge is -2.22. The van der Waals surface area contributed by atoms with Crippen LogP contribution in [0.15, 0.2) is 54.6 Å². The Balaban J connectivity index is 1.44. The van der Waals surface area contributed by atoms with Crippen LogP contribution in [0.1, 0.15) is 16.8 Å². The number of carbonyl (C=O) groups excluding carboxylic acids is 1. The SMILES string of the molecule is O=C(c1ccc(F)c(Cl)c1)N1CCCN(c2cc(-c3ccccc3)[nH]n2)CC1. The maximum absolute atomic E-state index is 13.4. The molecule has 1 aliphatic rings. The van der Waals surface area contributed by atoms with E-state index >= 15 is 0 Å². The van der Waals surface area contributed by atoms with E-state index < -0.39 is 5.82 Å². The second kappa shape index (κ2) is 8.02. The van der Waals surface area contributed by atoms with Crippen molar-refractivity contribution < 1.29 is 9.18 Å². The number of amides is 1. The van der Waals surface area contributed by atoms with Crippen molar-refractivity contribution in [2.45, 2.75) is 6.42 Å². The molecule has 5 nitrogen and oxygen atoms in total. The maximum Gasteiger partial charge on any atom is 0.253 e. The van der Waals surface area contributed by atoms with Crippen LogP contribution in [0, 0.1) is 5.82 Å². The molecule has 3 aromatic rings. The Kier molecular flexibility index (Phi) is 5.30. The van der Waals surface area contributed by atoms with Crippen LogP contribution >= 0.6 is 11.6 Å². The highest BCUT2D eigenvalue weighted by molar-refractivity contribution is 6.31. The number of H-pyrrole nitrogens is 1. The van der Waals surface area contributed by atoms with Crippen molar-refractivity contribution in [3.63, 3.8) is 0 Å². The first-order valence-corrected chi connectivity index (χ1v) is 9.60. The summed E-state index contributed by atoms with van der Waals surface area (Å²) in [6.45, 7) is 2.70. The average molecular weight is 399 g/mol. The van der Waals surface area contributed by atoms with E-state index in [9.17, 15) is 9.18 Å². The molecule has 0 unspecified atom stereocenters. The number of hydrogen-bond acceptors (Lipinski definition) is 3. The largest absolute Gasteiger partial charge is 0.353 e. The zero-order valence-corrected chi connectivity index (χ0v) is 16.0. The summed E-state index contributed by atoms with van der Waals surface area (Å²) in [6.07, 6.45) is 0.828. The molecule has 7 heteroatoms. The van der Waals surface area contributed by atoms with Crippen LogP contribution in [0.2, 0.25) is 5.02 Å². The number of anilines is 1. The molecule has 28 heavy (non-hydrogen) atoms. The van der Waals surface area contributed by atoms with E-state index in [1.54, 1.807) is 4.90 Å². The molecule has 0 radical (unpaired) electrons. The van der Waals surface area contributed by atoms with Crippen LogP contribution in [0.4, 0.5) is 10.2 Å². The van der Waals surface area contributed by atoms with E-state index in [1.807, 2.05) is 36.4 Å². The Morgan fingerprint density at radius 2 is 1.86 bits per heavy atom. The zero-order chi connectivity index (χ0) is 19.5. The van der Waals surface area contributed by atoms with Gasteiger partial charge in [-0.1, -0.05) is 41.9 Å². The van der Waals surface area contributed by atoms with Gasteiger partial charge in [0.05, 0.1) is 10.7 Å². The standard InChI is InChI=1S/C21H20ClFN4O/c22-17-13-16(7-8-18(17)23)21(28)27-10-4-9-26(11-12-27)20-14-19(24-25-20)15-5-2-1-3-6-15/h1-3,5-8,13-14H,4,9-12H2,(H,24,25). The number of carbonyl (C=O) groups is 1. The average Bonchev–Trinajstić information content (AvgIpc) is 3.08. The van der Waals surface area contributed by atoms with Gasteiger partial charge in [0.15, 0.2) is 5.82 Å². The molecule has 0 bridgehead atoms. The fourth-order valence-electron chi connectivity index (χ4n) is 3.40. The van der Waals surface area contributed by atoms with E-state index in [0.29, 0.717) is 25.2 Å². The minimum absolute atomic E-state index is 0.0349. The van der Waals surface area contributed by atoms with Gasteiger partial charge < -0.3 is 9.80 Å². The number of aromatic amines is 1. The first-order valence-electron chi connectivity index (χ1n) is 9.22. The van der Waals surface area contributed by atoms with Crippen molar-refractivity contribution in [1.29, 1.82) is 0 Å². The zero-order valence-electron chi connectivity index (χ0n) is 15.2. The molecular weight excluding hydrogens is 379 g/mol. The number of nitrogens with one attached hydrogen (secondary N) is 1. The summed E-state index contributed by atoms with van der Waals surface area (Å²) in [7, 11) is 0. The summed E-state index contributed by atoms with van der Waals surface area (Å²) in [5.74, 6) is 0.224. The van der Waals surface area contributed by atoms with Gasteiger partial charge in [-0.05, 0) is 30.2 Å². The number of aromatic nitrogens is 2. The fourth-order valence-corrected chi connectivity index (χ4v) is 3.58. The minimum atomic E-state index is -0.520. The fraction of sp³-hybridized carbons (Fsp3) is 0.238. The van der Waals surface area contributed by atoms with E-state index in [4.69, 9.17) is 11.6 Å². The number of benzene rings is 2. The molecule has 1 saturated heterocycles. The van der Waals surface area contributed by atoms with Crippen LogP contribution < -0.4 is 4.90 Å². The van der Waals surface area contributed by atoms with E-state index in [2.05, 4.69) is 15.1 Å². The first-order chi connectivity index (χ1) is 13.6. The van der Waals surface area contributed by atoms with Crippen molar-refractivity contribution in [3.8, 4) is 11.3 Å². The predicted octanol–water partition coefficient (Wildman–Crippen LogP) is 4.22. The van der Waals surface area contributed by atoms with Crippen molar-refractivity contribution >= 4 is 23.3 Å². The van der Waals surface area contributed by atoms with Gasteiger partial charge in [-0.25, -0.2) is 4.39 Å². The van der Waals surface area contributed by atoms with Gasteiger partial charge >= 0.3 is 0 Å². The normalized spacial score (nSPS) is 14.8. The molecule has 0 atom stereocenters. The van der Waals surface area contributed by atoms with Crippen molar-refractivity contribution in [1.82, 2.24) is 15.1 Å². The van der Waals surface area contributed by atoms with E-state index in [-0.39, 0.29) is 10.9 Å². The molecule has 1 aliphatic heterocycles. The molecule has 4 rings (SSSR count). The summed E-state index contributed by atoms with van der Waals surface area (Å²) < 4.78 is 13.4. The molecule has 0 aliphatic carbocycles. The molecule has 0 spiro atoms. The maximum atomic E-state index is 13.4. The summed E-state index contributed by atoms with van der Waals surface area (Å²) in [6, 6.07) is 16.2. The van der Waals surface area contributed by atoms with Crippen LogP contribution in [-0.4, -0.2) is 47.2 Å². The molecule has 0 saturated carbocycles. The molecule has 1 aromatic heterocycles. The van der Waals surface area contributed by atoms with Crippen LogP contribution in [0.3, 0.4) is 0 Å². The van der Waals surface area contributed by atoms with Gasteiger partial charge in [-0.2, -0.15) is 5.10 Å². The third-order valence-electron chi connectivity index (χ3n) is 4.92. The van der Waals surface area contributed by atoms with Gasteiger partial charge in [0.25, 0.3) is 5.91 Å². The third-order valence-corrected chi connectivity index (χ3v) is 5.21. The van der Waals surface area contributed by atoms with Crippen LogP contribution in [-0.2, 0) is 0 Å². The lowest BCUT2D eigenvalue weighted by Crippen LogP contribution is -2.35. The van der Waals surface area contributed by atoms with Crippen molar-refractivity contribution in [2.24, 2.45) is 0 Å². The molecule has 1 fully saturated rings. The van der Waals surface area contributed by atoms with Crippen LogP contribution in [0.25, 0.3) is 11.3 Å². The summed E-state index contributed by atoms with van der Waals surface area (Å²) in [5.41, 5.74) is 2.46. The van der Waals surface area contributed by atoms with E-state index in [1.165, 1.54) is 18.2 Å². The third kappa shape index (κ3) is 3.87. The Labute approximate surface area is 167 Å². The highest BCUT2D eigenvalue weighted by atomic mass is 35.5. The van der Waals surface area contributed by atoms with Gasteiger partial charge in [0, 0.05) is 37.8 Å². The lowest BCUT2D eigenvalue weighted by molar-refractivity contribution is 0.0767. The predicted molar refractivity (Wildman–Crippen MR) is 108 cm³/mol. The highest BCUT2D eigenvalue weighted by Gasteiger charge is 2.22. The van der Waals surface area contributed by atoms with Gasteiger partial charge in [0.1, 0.15) is 5.82 Å². The number of nitrogens with zero attached hydrogens (tertiary/aromatic N) is 3. The summed E-state index contributed by atoms with van der Waals surface area (Å²) in [4.78, 5) is 16.7. The summed E-state index contributed by atoms with van der Waals surface area (Å²) in [5, 5.41) is 7.50. The quantitative estimate of drug-likeness (QED) is 0.718. The van der Waals surface area contributed by atoms with Crippen LogP contribution in [0.5, 0.6) is 0 Å². The molecule has 144 valence electrons. The highest BCUT2D eigenvalue weighted by Crippen LogP contribution is 2.23. The topological polar surface area (TPSA) is 52.2 Å². The first kappa shape index (κ1) is 18.5. The van der Waals surface area contributed by atoms with E-state index in [0.717, 1.165) is 30.0 Å². The second-order valence-electron chi connectivity index (χ2n) is 6.77.